The van der Waals surface area contributed by atoms with Crippen LogP contribution >= 0.6 is 46.9 Å². The molecule has 0 unspecified atom stereocenters. The van der Waals surface area contributed by atoms with E-state index in [1.807, 2.05) is 25.2 Å². The Morgan fingerprint density at radius 1 is 1.26 bits per heavy atom. The number of rotatable bonds is 4. The Balaban J connectivity index is 0.00000180. The number of halogens is 3. The van der Waals surface area contributed by atoms with Crippen molar-refractivity contribution in [3.05, 3.63) is 44.9 Å². The van der Waals surface area contributed by atoms with Crippen molar-refractivity contribution in [3.8, 4) is 0 Å². The van der Waals surface area contributed by atoms with Gasteiger partial charge in [0.15, 0.2) is 5.13 Å². The third-order valence-electron chi connectivity index (χ3n) is 2.49. The second-order valence-electron chi connectivity index (χ2n) is 4.04. The maximum atomic E-state index is 6.14. The quantitative estimate of drug-likeness (QED) is 0.913. The zero-order chi connectivity index (χ0) is 13.1. The van der Waals surface area contributed by atoms with Crippen molar-refractivity contribution in [1.29, 1.82) is 0 Å². The fraction of sp³-hybridized carbons (Fsp3) is 0.250. The second kappa shape index (κ2) is 7.31. The summed E-state index contributed by atoms with van der Waals surface area (Å²) in [5.74, 6) is 0. The molecule has 0 spiro atoms. The Bertz CT molecular complexity index is 525. The maximum Gasteiger partial charge on any atom is 0.180 e. The van der Waals surface area contributed by atoms with Gasteiger partial charge in [0.1, 0.15) is 0 Å². The number of nitrogen functional groups attached to an aromatic ring is 1. The Kier molecular flexibility index (Phi) is 6.36. The van der Waals surface area contributed by atoms with Crippen LogP contribution in [0.25, 0.3) is 0 Å². The molecule has 1 aromatic heterocycles. The lowest BCUT2D eigenvalue weighted by Crippen LogP contribution is -2.17. The lowest BCUT2D eigenvalue weighted by molar-refractivity contribution is 0.322. The summed E-state index contributed by atoms with van der Waals surface area (Å²) in [6, 6.07) is 5.54. The normalized spacial score (nSPS) is 10.5. The molecule has 19 heavy (non-hydrogen) atoms. The van der Waals surface area contributed by atoms with Gasteiger partial charge in [0.2, 0.25) is 0 Å². The second-order valence-corrected chi connectivity index (χ2v) is 6.00. The molecule has 0 radical (unpaired) electrons. The summed E-state index contributed by atoms with van der Waals surface area (Å²) in [6.07, 6.45) is 1.80. The Labute approximate surface area is 132 Å². The van der Waals surface area contributed by atoms with Gasteiger partial charge in [-0.1, -0.05) is 29.3 Å². The Morgan fingerprint density at radius 2 is 1.89 bits per heavy atom. The van der Waals surface area contributed by atoms with Crippen LogP contribution in [0.15, 0.2) is 24.4 Å². The minimum atomic E-state index is 0. The van der Waals surface area contributed by atoms with Gasteiger partial charge in [-0.3, -0.25) is 4.90 Å². The van der Waals surface area contributed by atoms with Crippen molar-refractivity contribution in [1.82, 2.24) is 9.88 Å². The molecule has 2 rings (SSSR count). The predicted molar refractivity (Wildman–Crippen MR) is 85.4 cm³/mol. The number of benzene rings is 1. The molecular weight excluding hydrogens is 325 g/mol. The zero-order valence-corrected chi connectivity index (χ0v) is 13.4. The minimum absolute atomic E-state index is 0. The van der Waals surface area contributed by atoms with Crippen LogP contribution < -0.4 is 5.73 Å². The van der Waals surface area contributed by atoms with Gasteiger partial charge in [0, 0.05) is 39.8 Å². The minimum Gasteiger partial charge on any atom is -0.375 e. The summed E-state index contributed by atoms with van der Waals surface area (Å²) < 4.78 is 0. The molecule has 0 bridgehead atoms. The molecule has 0 aliphatic rings. The Hall–Kier alpha value is -0.520. The van der Waals surface area contributed by atoms with E-state index in [-0.39, 0.29) is 12.4 Å². The van der Waals surface area contributed by atoms with Crippen molar-refractivity contribution in [3.63, 3.8) is 0 Å². The average Bonchev–Trinajstić information content (AvgIpc) is 2.69. The monoisotopic (exact) mass is 337 g/mol. The molecule has 0 saturated carbocycles. The molecule has 0 saturated heterocycles. The molecule has 1 aromatic carbocycles. The van der Waals surface area contributed by atoms with Gasteiger partial charge in [-0.2, -0.15) is 0 Å². The van der Waals surface area contributed by atoms with E-state index in [4.69, 9.17) is 28.9 Å². The van der Waals surface area contributed by atoms with Crippen LogP contribution in [-0.4, -0.2) is 16.9 Å². The number of thiazole rings is 1. The lowest BCUT2D eigenvalue weighted by Gasteiger charge is -2.17. The number of hydrogen-bond acceptors (Lipinski definition) is 4. The highest BCUT2D eigenvalue weighted by molar-refractivity contribution is 7.15. The molecule has 2 aromatic rings. The SMILES string of the molecule is CN(Cc1cnc(N)s1)Cc1c(Cl)cccc1Cl.Cl. The van der Waals surface area contributed by atoms with Crippen molar-refractivity contribution in [2.45, 2.75) is 13.1 Å². The summed E-state index contributed by atoms with van der Waals surface area (Å²) in [4.78, 5) is 7.28. The summed E-state index contributed by atoms with van der Waals surface area (Å²) in [5, 5.41) is 1.98. The maximum absolute atomic E-state index is 6.14. The first kappa shape index (κ1) is 16.5. The Morgan fingerprint density at radius 3 is 2.42 bits per heavy atom. The highest BCUT2D eigenvalue weighted by Gasteiger charge is 2.10. The smallest absolute Gasteiger partial charge is 0.180 e. The molecule has 0 atom stereocenters. The van der Waals surface area contributed by atoms with Crippen LogP contribution in [0.3, 0.4) is 0 Å². The van der Waals surface area contributed by atoms with E-state index < -0.39 is 0 Å². The average molecular weight is 339 g/mol. The molecule has 0 fully saturated rings. The number of anilines is 1. The molecule has 0 aliphatic carbocycles. The largest absolute Gasteiger partial charge is 0.375 e. The van der Waals surface area contributed by atoms with Gasteiger partial charge >= 0.3 is 0 Å². The lowest BCUT2D eigenvalue weighted by atomic mass is 10.2. The van der Waals surface area contributed by atoms with Gasteiger partial charge in [-0.05, 0) is 19.2 Å². The first-order chi connectivity index (χ1) is 8.56. The van der Waals surface area contributed by atoms with Gasteiger partial charge in [0.25, 0.3) is 0 Å². The predicted octanol–water partition coefficient (Wildman–Crippen LogP) is 4.09. The van der Waals surface area contributed by atoms with Crippen molar-refractivity contribution in [2.24, 2.45) is 0 Å². The summed E-state index contributed by atoms with van der Waals surface area (Å²) in [5.41, 5.74) is 6.55. The van der Waals surface area contributed by atoms with E-state index >= 15 is 0 Å². The van der Waals surface area contributed by atoms with Gasteiger partial charge in [-0.15, -0.1) is 23.7 Å². The first-order valence-corrected chi connectivity index (χ1v) is 6.95. The topological polar surface area (TPSA) is 42.2 Å². The van der Waals surface area contributed by atoms with Crippen molar-refractivity contribution in [2.75, 3.05) is 12.8 Å². The molecule has 104 valence electrons. The van der Waals surface area contributed by atoms with Gasteiger partial charge < -0.3 is 5.73 Å². The first-order valence-electron chi connectivity index (χ1n) is 5.38. The van der Waals surface area contributed by atoms with Crippen LogP contribution in [0.2, 0.25) is 10.0 Å². The molecule has 0 aliphatic heterocycles. The van der Waals surface area contributed by atoms with E-state index in [1.54, 1.807) is 6.20 Å². The van der Waals surface area contributed by atoms with E-state index in [9.17, 15) is 0 Å². The van der Waals surface area contributed by atoms with Crippen molar-refractivity contribution < 1.29 is 0 Å². The molecule has 3 nitrogen and oxygen atoms in total. The molecular formula is C12H14Cl3N3S. The third kappa shape index (κ3) is 4.51. The fourth-order valence-corrected chi connectivity index (χ4v) is 2.95. The summed E-state index contributed by atoms with van der Waals surface area (Å²) in [6.45, 7) is 1.47. The number of nitrogens with two attached hydrogens (primary N) is 1. The van der Waals surface area contributed by atoms with Gasteiger partial charge in [-0.25, -0.2) is 4.98 Å². The van der Waals surface area contributed by atoms with Crippen LogP contribution in [0.1, 0.15) is 10.4 Å². The third-order valence-corrected chi connectivity index (χ3v) is 4.01. The molecule has 0 amide bonds. The standard InChI is InChI=1S/C12H13Cl2N3S.ClH/c1-17(6-8-5-16-12(15)18-8)7-9-10(13)3-2-4-11(9)14;/h2-5H,6-7H2,1H3,(H2,15,16);1H. The summed E-state index contributed by atoms with van der Waals surface area (Å²) >= 11 is 13.8. The highest BCUT2D eigenvalue weighted by Crippen LogP contribution is 2.26. The molecule has 1 heterocycles. The zero-order valence-electron chi connectivity index (χ0n) is 10.3. The molecule has 2 N–H and O–H groups in total. The number of nitrogens with zero attached hydrogens (tertiary/aromatic N) is 2. The highest BCUT2D eigenvalue weighted by atomic mass is 35.5. The number of aromatic nitrogens is 1. The van der Waals surface area contributed by atoms with Crippen LogP contribution in [0.5, 0.6) is 0 Å². The van der Waals surface area contributed by atoms with E-state index in [1.165, 1.54) is 11.3 Å². The van der Waals surface area contributed by atoms with Crippen LogP contribution in [0.4, 0.5) is 5.13 Å². The number of hydrogen-bond donors (Lipinski definition) is 1. The molecule has 7 heteroatoms. The van der Waals surface area contributed by atoms with Crippen molar-refractivity contribution >= 4 is 52.1 Å². The van der Waals surface area contributed by atoms with Crippen LogP contribution in [0, 0.1) is 0 Å². The van der Waals surface area contributed by atoms with Gasteiger partial charge in [0.05, 0.1) is 0 Å². The summed E-state index contributed by atoms with van der Waals surface area (Å²) in [7, 11) is 2.01. The van der Waals surface area contributed by atoms with E-state index in [0.717, 1.165) is 17.0 Å². The fourth-order valence-electron chi connectivity index (χ4n) is 1.67. The van der Waals surface area contributed by atoms with E-state index in [0.29, 0.717) is 21.7 Å². The van der Waals surface area contributed by atoms with E-state index in [2.05, 4.69) is 9.88 Å². The van der Waals surface area contributed by atoms with Crippen LogP contribution in [-0.2, 0) is 13.1 Å².